The summed E-state index contributed by atoms with van der Waals surface area (Å²) < 4.78 is 10.7. The number of anilines is 1. The van der Waals surface area contributed by atoms with E-state index in [0.717, 1.165) is 0 Å². The molecular weight excluding hydrogens is 232 g/mol. The van der Waals surface area contributed by atoms with Crippen LogP contribution in [0.15, 0.2) is 4.42 Å². The molecule has 0 amide bonds. The summed E-state index contributed by atoms with van der Waals surface area (Å²) in [5.74, 6) is 1.01. The van der Waals surface area contributed by atoms with E-state index < -0.39 is 0 Å². The van der Waals surface area contributed by atoms with Crippen molar-refractivity contribution in [3.8, 4) is 0 Å². The molecule has 0 radical (unpaired) electrons. The third-order valence-corrected chi connectivity index (χ3v) is 2.59. The Morgan fingerprint density at radius 1 is 1.22 bits per heavy atom. The normalized spacial score (nSPS) is 13.3. The third-order valence-electron chi connectivity index (χ3n) is 2.59. The number of hydrogen-bond donors (Lipinski definition) is 2. The zero-order chi connectivity index (χ0) is 13.5. The number of nitrogens with zero attached hydrogens (tertiary/aromatic N) is 2. The fraction of sp³-hybridized carbons (Fsp3) is 0.833. The lowest BCUT2D eigenvalue weighted by Crippen LogP contribution is -2.30. The summed E-state index contributed by atoms with van der Waals surface area (Å²) in [6.45, 7) is 9.58. The van der Waals surface area contributed by atoms with E-state index in [1.54, 1.807) is 7.11 Å². The van der Waals surface area contributed by atoms with Crippen LogP contribution in [0.25, 0.3) is 0 Å². The van der Waals surface area contributed by atoms with E-state index in [4.69, 9.17) is 9.15 Å². The Morgan fingerprint density at radius 3 is 2.50 bits per heavy atom. The van der Waals surface area contributed by atoms with Crippen LogP contribution in [0, 0.1) is 5.92 Å². The molecule has 0 aliphatic rings. The molecule has 6 nitrogen and oxygen atoms in total. The zero-order valence-electron chi connectivity index (χ0n) is 11.9. The van der Waals surface area contributed by atoms with Crippen LogP contribution < -0.4 is 10.6 Å². The van der Waals surface area contributed by atoms with Crippen molar-refractivity contribution >= 4 is 6.01 Å². The lowest BCUT2D eigenvalue weighted by Gasteiger charge is -2.19. The van der Waals surface area contributed by atoms with E-state index in [0.29, 0.717) is 37.0 Å². The maximum atomic E-state index is 5.51. The standard InChI is InChI=1S/C12H24N4O2/c1-8(2)10(7-17-5)14-12-16-15-11(18-12)6-13-9(3)4/h8-10,13H,6-7H2,1-5H3,(H,14,16). The predicted octanol–water partition coefficient (Wildman–Crippen LogP) is 1.65. The van der Waals surface area contributed by atoms with Gasteiger partial charge in [0.1, 0.15) is 0 Å². The zero-order valence-corrected chi connectivity index (χ0v) is 11.9. The van der Waals surface area contributed by atoms with E-state index in [-0.39, 0.29) is 6.04 Å². The second-order valence-electron chi connectivity index (χ2n) is 4.99. The Bertz CT molecular complexity index is 339. The monoisotopic (exact) mass is 256 g/mol. The summed E-state index contributed by atoms with van der Waals surface area (Å²) in [6, 6.07) is 1.01. The summed E-state index contributed by atoms with van der Waals surface area (Å²) in [5.41, 5.74) is 0. The minimum absolute atomic E-state index is 0.168. The van der Waals surface area contributed by atoms with Gasteiger partial charge in [0, 0.05) is 13.2 Å². The second-order valence-corrected chi connectivity index (χ2v) is 4.99. The van der Waals surface area contributed by atoms with Crippen molar-refractivity contribution < 1.29 is 9.15 Å². The van der Waals surface area contributed by atoms with Gasteiger partial charge < -0.3 is 19.8 Å². The molecule has 6 heteroatoms. The van der Waals surface area contributed by atoms with Crippen molar-refractivity contribution in [3.63, 3.8) is 0 Å². The molecule has 1 atom stereocenters. The first kappa shape index (κ1) is 14.9. The fourth-order valence-corrected chi connectivity index (χ4v) is 1.41. The molecule has 1 aromatic rings. The molecule has 1 heterocycles. The number of ether oxygens (including phenoxy) is 1. The molecule has 0 saturated carbocycles. The molecule has 1 aromatic heterocycles. The van der Waals surface area contributed by atoms with Crippen molar-refractivity contribution in [2.75, 3.05) is 19.0 Å². The van der Waals surface area contributed by atoms with E-state index in [9.17, 15) is 0 Å². The molecular formula is C12H24N4O2. The van der Waals surface area contributed by atoms with Crippen LogP contribution in [-0.4, -0.2) is 36.0 Å². The first-order valence-electron chi connectivity index (χ1n) is 6.34. The smallest absolute Gasteiger partial charge is 0.315 e. The third kappa shape index (κ3) is 5.01. The molecule has 0 saturated heterocycles. The predicted molar refractivity (Wildman–Crippen MR) is 70.4 cm³/mol. The molecule has 2 N–H and O–H groups in total. The van der Waals surface area contributed by atoms with Crippen LogP contribution >= 0.6 is 0 Å². The topological polar surface area (TPSA) is 72.2 Å². The molecule has 1 unspecified atom stereocenters. The number of aromatic nitrogens is 2. The average molecular weight is 256 g/mol. The van der Waals surface area contributed by atoms with Gasteiger partial charge in [0.25, 0.3) is 0 Å². The van der Waals surface area contributed by atoms with Gasteiger partial charge in [-0.25, -0.2) is 0 Å². The molecule has 0 fully saturated rings. The molecule has 0 aliphatic carbocycles. The van der Waals surface area contributed by atoms with E-state index >= 15 is 0 Å². The van der Waals surface area contributed by atoms with Gasteiger partial charge in [0.15, 0.2) is 0 Å². The van der Waals surface area contributed by atoms with E-state index in [2.05, 4.69) is 48.5 Å². The SMILES string of the molecule is COCC(Nc1nnc(CNC(C)C)o1)C(C)C. The lowest BCUT2D eigenvalue weighted by atomic mass is 10.1. The van der Waals surface area contributed by atoms with Crippen LogP contribution in [0.5, 0.6) is 0 Å². The lowest BCUT2D eigenvalue weighted by molar-refractivity contribution is 0.170. The Kier molecular flexibility index (Phi) is 6.07. The van der Waals surface area contributed by atoms with Crippen LogP contribution in [0.3, 0.4) is 0 Å². The van der Waals surface area contributed by atoms with Crippen molar-refractivity contribution in [1.82, 2.24) is 15.5 Å². The Labute approximate surface area is 108 Å². The highest BCUT2D eigenvalue weighted by Crippen LogP contribution is 2.12. The highest BCUT2D eigenvalue weighted by Gasteiger charge is 2.16. The van der Waals surface area contributed by atoms with Gasteiger partial charge in [-0.3, -0.25) is 0 Å². The number of rotatable bonds is 8. The molecule has 0 spiro atoms. The van der Waals surface area contributed by atoms with Gasteiger partial charge >= 0.3 is 6.01 Å². The Balaban J connectivity index is 2.51. The van der Waals surface area contributed by atoms with Crippen LogP contribution in [0.4, 0.5) is 6.01 Å². The van der Waals surface area contributed by atoms with Crippen molar-refractivity contribution in [2.24, 2.45) is 5.92 Å². The van der Waals surface area contributed by atoms with Crippen molar-refractivity contribution in [3.05, 3.63) is 5.89 Å². The van der Waals surface area contributed by atoms with Crippen LogP contribution in [-0.2, 0) is 11.3 Å². The highest BCUT2D eigenvalue weighted by molar-refractivity contribution is 5.19. The number of nitrogens with one attached hydrogen (secondary N) is 2. The Morgan fingerprint density at radius 2 is 1.94 bits per heavy atom. The maximum absolute atomic E-state index is 5.51. The van der Waals surface area contributed by atoms with Gasteiger partial charge in [0.2, 0.25) is 5.89 Å². The second kappa shape index (κ2) is 7.33. The first-order valence-corrected chi connectivity index (χ1v) is 6.34. The molecule has 0 aliphatic heterocycles. The molecule has 18 heavy (non-hydrogen) atoms. The minimum Gasteiger partial charge on any atom is -0.407 e. The van der Waals surface area contributed by atoms with Crippen molar-refractivity contribution in [2.45, 2.75) is 46.3 Å². The van der Waals surface area contributed by atoms with E-state index in [1.165, 1.54) is 0 Å². The fourth-order valence-electron chi connectivity index (χ4n) is 1.41. The van der Waals surface area contributed by atoms with E-state index in [1.807, 2.05) is 0 Å². The first-order chi connectivity index (χ1) is 8.52. The molecule has 104 valence electrons. The highest BCUT2D eigenvalue weighted by atomic mass is 16.5. The van der Waals surface area contributed by atoms with Gasteiger partial charge in [-0.1, -0.05) is 32.8 Å². The summed E-state index contributed by atoms with van der Waals surface area (Å²) in [5, 5.41) is 14.4. The molecule has 1 rings (SSSR count). The number of methoxy groups -OCH3 is 1. The Hall–Kier alpha value is -1.14. The average Bonchev–Trinajstić information content (AvgIpc) is 2.73. The minimum atomic E-state index is 0.168. The quantitative estimate of drug-likeness (QED) is 0.737. The molecule has 0 aromatic carbocycles. The summed E-state index contributed by atoms with van der Waals surface area (Å²) in [7, 11) is 1.68. The maximum Gasteiger partial charge on any atom is 0.315 e. The summed E-state index contributed by atoms with van der Waals surface area (Å²) >= 11 is 0. The van der Waals surface area contributed by atoms with Gasteiger partial charge in [0.05, 0.1) is 19.2 Å². The largest absolute Gasteiger partial charge is 0.407 e. The number of hydrogen-bond acceptors (Lipinski definition) is 6. The van der Waals surface area contributed by atoms with Crippen LogP contribution in [0.2, 0.25) is 0 Å². The summed E-state index contributed by atoms with van der Waals surface area (Å²) in [4.78, 5) is 0. The molecule has 0 bridgehead atoms. The van der Waals surface area contributed by atoms with Crippen LogP contribution in [0.1, 0.15) is 33.6 Å². The summed E-state index contributed by atoms with van der Waals surface area (Å²) in [6.07, 6.45) is 0. The van der Waals surface area contributed by atoms with Gasteiger partial charge in [-0.15, -0.1) is 5.10 Å². The van der Waals surface area contributed by atoms with Gasteiger partial charge in [-0.2, -0.15) is 0 Å². The van der Waals surface area contributed by atoms with Gasteiger partial charge in [-0.05, 0) is 5.92 Å². The van der Waals surface area contributed by atoms with Crippen molar-refractivity contribution in [1.29, 1.82) is 0 Å².